The molecule has 1 aromatic carbocycles. The van der Waals surface area contributed by atoms with E-state index in [0.29, 0.717) is 13.2 Å². The maximum absolute atomic E-state index is 12.7. The van der Waals surface area contributed by atoms with Gasteiger partial charge in [0.15, 0.2) is 4.96 Å². The Morgan fingerprint density at radius 3 is 3.00 bits per heavy atom. The number of rotatable bonds is 4. The molecule has 0 radical (unpaired) electrons. The summed E-state index contributed by atoms with van der Waals surface area (Å²) >= 11 is 5.10. The van der Waals surface area contributed by atoms with E-state index in [0.717, 1.165) is 33.5 Å². The number of benzene rings is 1. The number of fused-ring (bicyclic) bond motifs is 1. The van der Waals surface area contributed by atoms with Gasteiger partial charge in [-0.15, -0.1) is 11.3 Å². The van der Waals surface area contributed by atoms with Crippen LogP contribution in [0.1, 0.15) is 24.1 Å². The molecule has 0 aliphatic carbocycles. The van der Waals surface area contributed by atoms with E-state index in [9.17, 15) is 4.79 Å². The second-order valence-electron chi connectivity index (χ2n) is 6.25. The van der Waals surface area contributed by atoms with E-state index >= 15 is 0 Å². The number of hydrogen-bond acceptors (Lipinski definition) is 4. The molecule has 25 heavy (non-hydrogen) atoms. The minimum Gasteiger partial charge on any atom is -0.381 e. The summed E-state index contributed by atoms with van der Waals surface area (Å²) in [5.41, 5.74) is 1.53. The smallest absolute Gasteiger partial charge is 0.226 e. The van der Waals surface area contributed by atoms with Crippen LogP contribution in [0.2, 0.25) is 0 Å². The Morgan fingerprint density at radius 1 is 1.40 bits per heavy atom. The highest BCUT2D eigenvalue weighted by atomic mass is 79.9. The summed E-state index contributed by atoms with van der Waals surface area (Å²) in [4.78, 5) is 18.1. The molecule has 4 rings (SSSR count). The predicted molar refractivity (Wildman–Crippen MR) is 101 cm³/mol. The fourth-order valence-electron chi connectivity index (χ4n) is 3.33. The number of carbonyl (C=O) groups is 1. The molecule has 1 saturated heterocycles. The summed E-state index contributed by atoms with van der Waals surface area (Å²) in [6.45, 7) is 1.29. The second-order valence-corrected chi connectivity index (χ2v) is 8.04. The van der Waals surface area contributed by atoms with Crippen LogP contribution >= 0.6 is 27.3 Å². The molecule has 3 aromatic rings. The number of carbonyl (C=O) groups excluding carboxylic acids is 1. The summed E-state index contributed by atoms with van der Waals surface area (Å²) < 4.78 is 8.49. The molecule has 0 saturated carbocycles. The highest BCUT2D eigenvalue weighted by Crippen LogP contribution is 2.33. The topological polar surface area (TPSA) is 55.6 Å². The number of nitrogens with zero attached hydrogens (tertiary/aromatic N) is 2. The fourth-order valence-corrected chi connectivity index (χ4v) is 4.45. The molecule has 1 aliphatic heterocycles. The monoisotopic (exact) mass is 419 g/mol. The van der Waals surface area contributed by atoms with Crippen LogP contribution in [0.5, 0.6) is 0 Å². The Bertz CT molecular complexity index is 870. The van der Waals surface area contributed by atoms with E-state index in [-0.39, 0.29) is 17.9 Å². The van der Waals surface area contributed by atoms with E-state index < -0.39 is 0 Å². The molecule has 0 spiro atoms. The first-order valence-corrected chi connectivity index (χ1v) is 9.88. The lowest BCUT2D eigenvalue weighted by Gasteiger charge is -2.38. The average molecular weight is 420 g/mol. The number of amides is 1. The average Bonchev–Trinajstić information content (AvgIpc) is 3.17. The summed E-state index contributed by atoms with van der Waals surface area (Å²) in [6, 6.07) is 8.16. The Labute approximate surface area is 158 Å². The lowest BCUT2D eigenvalue weighted by atomic mass is 9.82. The minimum absolute atomic E-state index is 0.00683. The maximum Gasteiger partial charge on any atom is 0.226 e. The van der Waals surface area contributed by atoms with Crippen molar-refractivity contribution in [2.75, 3.05) is 13.2 Å². The summed E-state index contributed by atoms with van der Waals surface area (Å²) in [6.07, 6.45) is 5.70. The second kappa shape index (κ2) is 6.90. The number of imidazole rings is 1. The first-order chi connectivity index (χ1) is 12.1. The summed E-state index contributed by atoms with van der Waals surface area (Å²) in [7, 11) is 0. The molecule has 130 valence electrons. The fraction of sp³-hybridized carbons (Fsp3) is 0.333. The zero-order chi connectivity index (χ0) is 17.3. The quantitative estimate of drug-likeness (QED) is 0.703. The molecule has 2 aromatic heterocycles. The van der Waals surface area contributed by atoms with Crippen LogP contribution in [-0.4, -0.2) is 28.5 Å². The number of halogens is 1. The number of hydrogen-bond donors (Lipinski definition) is 1. The number of ether oxygens (including phenoxy) is 1. The SMILES string of the molecule is O=C(Cc1cn2ccsc2n1)NC1(c2cccc(Br)c2)CCOCC1. The van der Waals surface area contributed by atoms with Crippen LogP contribution in [0.25, 0.3) is 4.96 Å². The molecule has 1 aliphatic rings. The van der Waals surface area contributed by atoms with Gasteiger partial charge >= 0.3 is 0 Å². The molecule has 0 bridgehead atoms. The van der Waals surface area contributed by atoms with Crippen molar-refractivity contribution in [3.8, 4) is 0 Å². The third-order valence-corrected chi connectivity index (χ3v) is 5.85. The number of aromatic nitrogens is 2. The molecule has 1 amide bonds. The van der Waals surface area contributed by atoms with Gasteiger partial charge in [0, 0.05) is 35.5 Å². The molecule has 5 nitrogen and oxygen atoms in total. The van der Waals surface area contributed by atoms with Crippen molar-refractivity contribution < 1.29 is 9.53 Å². The van der Waals surface area contributed by atoms with Gasteiger partial charge in [-0.1, -0.05) is 28.1 Å². The molecular formula is C18H18BrN3O2S. The van der Waals surface area contributed by atoms with Gasteiger partial charge in [0.1, 0.15) is 0 Å². The van der Waals surface area contributed by atoms with Crippen molar-refractivity contribution in [3.63, 3.8) is 0 Å². The first kappa shape index (κ1) is 16.8. The number of thiazole rings is 1. The molecule has 0 atom stereocenters. The molecule has 0 unspecified atom stereocenters. The van der Waals surface area contributed by atoms with Crippen LogP contribution in [0.15, 0.2) is 46.5 Å². The molecule has 1 N–H and O–H groups in total. The lowest BCUT2D eigenvalue weighted by molar-refractivity contribution is -0.123. The predicted octanol–water partition coefficient (Wildman–Crippen LogP) is 3.52. The van der Waals surface area contributed by atoms with Crippen molar-refractivity contribution in [2.24, 2.45) is 0 Å². The summed E-state index contributed by atoms with van der Waals surface area (Å²) in [5.74, 6) is -0.00683. The molecular weight excluding hydrogens is 402 g/mol. The summed E-state index contributed by atoms with van der Waals surface area (Å²) in [5, 5.41) is 5.26. The van der Waals surface area contributed by atoms with Crippen LogP contribution in [-0.2, 0) is 21.5 Å². The highest BCUT2D eigenvalue weighted by Gasteiger charge is 2.36. The zero-order valence-corrected chi connectivity index (χ0v) is 16.0. The third-order valence-electron chi connectivity index (χ3n) is 4.59. The zero-order valence-electron chi connectivity index (χ0n) is 13.6. The van der Waals surface area contributed by atoms with Crippen LogP contribution in [0, 0.1) is 0 Å². The molecule has 3 heterocycles. The van der Waals surface area contributed by atoms with Crippen LogP contribution in [0.4, 0.5) is 0 Å². The van der Waals surface area contributed by atoms with Gasteiger partial charge in [-0.3, -0.25) is 9.20 Å². The normalized spacial score (nSPS) is 16.8. The van der Waals surface area contributed by atoms with Crippen molar-refractivity contribution in [1.29, 1.82) is 0 Å². The third kappa shape index (κ3) is 3.49. The Morgan fingerprint density at radius 2 is 2.24 bits per heavy atom. The largest absolute Gasteiger partial charge is 0.381 e. The Kier molecular flexibility index (Phi) is 4.62. The van der Waals surface area contributed by atoms with Gasteiger partial charge in [0.25, 0.3) is 0 Å². The van der Waals surface area contributed by atoms with Crippen molar-refractivity contribution in [1.82, 2.24) is 14.7 Å². The lowest BCUT2D eigenvalue weighted by Crippen LogP contribution is -2.50. The minimum atomic E-state index is -0.379. The van der Waals surface area contributed by atoms with Gasteiger partial charge in [-0.25, -0.2) is 4.98 Å². The van der Waals surface area contributed by atoms with Crippen molar-refractivity contribution >= 4 is 38.1 Å². The molecule has 1 fully saturated rings. The van der Waals surface area contributed by atoms with Gasteiger partial charge in [-0.05, 0) is 30.5 Å². The van der Waals surface area contributed by atoms with Crippen LogP contribution < -0.4 is 5.32 Å². The van der Waals surface area contributed by atoms with E-state index in [2.05, 4.69) is 38.4 Å². The standard InChI is InChI=1S/C18H18BrN3O2S/c19-14-3-1-2-13(10-14)18(4-7-24-8-5-18)21-16(23)11-15-12-22-6-9-25-17(22)20-15/h1-3,6,9-10,12H,4-5,7-8,11H2,(H,21,23). The Hall–Kier alpha value is -1.70. The van der Waals surface area contributed by atoms with Crippen molar-refractivity contribution in [2.45, 2.75) is 24.8 Å². The van der Waals surface area contributed by atoms with Crippen molar-refractivity contribution in [3.05, 3.63) is 57.8 Å². The Balaban J connectivity index is 1.55. The highest BCUT2D eigenvalue weighted by molar-refractivity contribution is 9.10. The van der Waals surface area contributed by atoms with Gasteiger partial charge < -0.3 is 10.1 Å². The maximum atomic E-state index is 12.7. The van der Waals surface area contributed by atoms with Crippen LogP contribution in [0.3, 0.4) is 0 Å². The van der Waals surface area contributed by atoms with Gasteiger partial charge in [0.2, 0.25) is 5.91 Å². The van der Waals surface area contributed by atoms with Gasteiger partial charge in [-0.2, -0.15) is 0 Å². The van der Waals surface area contributed by atoms with E-state index in [4.69, 9.17) is 4.74 Å². The number of nitrogens with one attached hydrogen (secondary N) is 1. The van der Waals surface area contributed by atoms with E-state index in [1.54, 1.807) is 11.3 Å². The molecule has 7 heteroatoms. The van der Waals surface area contributed by atoms with Gasteiger partial charge in [0.05, 0.1) is 17.7 Å². The first-order valence-electron chi connectivity index (χ1n) is 8.21. The van der Waals surface area contributed by atoms with E-state index in [1.165, 1.54) is 0 Å². The van der Waals surface area contributed by atoms with E-state index in [1.807, 2.05) is 34.3 Å².